The molecule has 0 saturated carbocycles. The van der Waals surface area contributed by atoms with Crippen LogP contribution >= 0.6 is 0 Å². The summed E-state index contributed by atoms with van der Waals surface area (Å²) in [4.78, 5) is 0. The van der Waals surface area contributed by atoms with E-state index in [-0.39, 0.29) is 0 Å². The zero-order chi connectivity index (χ0) is 17.0. The number of hydrogen-bond donors (Lipinski definition) is 1. The first-order valence-corrected chi connectivity index (χ1v) is 9.24. The number of nitrogens with one attached hydrogen (secondary N) is 1. The molecule has 128 valence electrons. The molecule has 0 aliphatic rings. The first-order valence-electron chi connectivity index (χ1n) is 9.24. The van der Waals surface area contributed by atoms with Gasteiger partial charge < -0.3 is 5.43 Å². The lowest BCUT2D eigenvalue weighted by Crippen LogP contribution is -2.05. The quantitative estimate of drug-likeness (QED) is 0.349. The molecular weight excluding hydrogens is 292 g/mol. The van der Waals surface area contributed by atoms with Crippen LogP contribution in [0.4, 0.5) is 0 Å². The molecule has 0 unspecified atom stereocenters. The summed E-state index contributed by atoms with van der Waals surface area (Å²) in [5, 5.41) is 4.33. The Kier molecular flexibility index (Phi) is 8.09. The van der Waals surface area contributed by atoms with Gasteiger partial charge in [0.15, 0.2) is 0 Å². The van der Waals surface area contributed by atoms with Gasteiger partial charge in [-0.1, -0.05) is 81.6 Å². The van der Waals surface area contributed by atoms with Crippen LogP contribution in [-0.4, -0.2) is 6.21 Å². The molecule has 0 bridgehead atoms. The second-order valence-corrected chi connectivity index (χ2v) is 6.36. The molecule has 2 nitrogen and oxygen atoms in total. The Morgan fingerprint density at radius 1 is 0.750 bits per heavy atom. The van der Waals surface area contributed by atoms with E-state index in [4.69, 9.17) is 0 Å². The van der Waals surface area contributed by atoms with Crippen LogP contribution < -0.4 is 5.43 Å². The van der Waals surface area contributed by atoms with Crippen molar-refractivity contribution < 1.29 is 0 Å². The standard InChI is InChI=1S/C22H30N2/c1-3-5-6-8-20-11-15-22(16-12-20)18-24-23-17-21-13-9-19(7-4-2)10-14-21/h9-16,18,23H,3-8,17H2,1-2H3/b24-18-. The third-order valence-corrected chi connectivity index (χ3v) is 4.20. The van der Waals surface area contributed by atoms with Gasteiger partial charge in [0, 0.05) is 0 Å². The van der Waals surface area contributed by atoms with E-state index in [0.29, 0.717) is 0 Å². The van der Waals surface area contributed by atoms with Gasteiger partial charge in [-0.3, -0.25) is 0 Å². The molecule has 2 rings (SSSR count). The highest BCUT2D eigenvalue weighted by Gasteiger charge is 1.95. The van der Waals surface area contributed by atoms with Gasteiger partial charge in [0.1, 0.15) is 0 Å². The molecule has 2 aromatic carbocycles. The van der Waals surface area contributed by atoms with E-state index in [1.807, 2.05) is 6.21 Å². The van der Waals surface area contributed by atoms with Crippen molar-refractivity contribution in [1.82, 2.24) is 5.43 Å². The van der Waals surface area contributed by atoms with E-state index in [0.717, 1.165) is 18.5 Å². The Bertz CT molecular complexity index is 597. The summed E-state index contributed by atoms with van der Waals surface area (Å²) in [6, 6.07) is 17.5. The fourth-order valence-electron chi connectivity index (χ4n) is 2.72. The first kappa shape index (κ1) is 18.3. The normalized spacial score (nSPS) is 11.1. The molecule has 2 heteroatoms. The molecule has 24 heavy (non-hydrogen) atoms. The van der Waals surface area contributed by atoms with Gasteiger partial charge in [-0.05, 0) is 41.5 Å². The Morgan fingerprint density at radius 3 is 2.04 bits per heavy atom. The number of aryl methyl sites for hydroxylation is 2. The van der Waals surface area contributed by atoms with Crippen LogP contribution in [0.2, 0.25) is 0 Å². The van der Waals surface area contributed by atoms with Crippen molar-refractivity contribution in [2.24, 2.45) is 5.10 Å². The van der Waals surface area contributed by atoms with Gasteiger partial charge in [-0.2, -0.15) is 5.10 Å². The zero-order valence-electron chi connectivity index (χ0n) is 15.1. The van der Waals surface area contributed by atoms with Crippen LogP contribution in [0.15, 0.2) is 53.6 Å². The monoisotopic (exact) mass is 322 g/mol. The lowest BCUT2D eigenvalue weighted by molar-refractivity contribution is 0.717. The van der Waals surface area contributed by atoms with Crippen LogP contribution in [0.25, 0.3) is 0 Å². The molecule has 0 heterocycles. The topological polar surface area (TPSA) is 24.4 Å². The van der Waals surface area contributed by atoms with E-state index >= 15 is 0 Å². The SMILES string of the molecule is CCCCCc1ccc(/C=N\NCc2ccc(CCC)cc2)cc1. The summed E-state index contributed by atoms with van der Waals surface area (Å²) in [7, 11) is 0. The van der Waals surface area contributed by atoms with Gasteiger partial charge >= 0.3 is 0 Å². The number of benzene rings is 2. The predicted molar refractivity (Wildman–Crippen MR) is 105 cm³/mol. The van der Waals surface area contributed by atoms with Crippen LogP contribution in [0.1, 0.15) is 61.8 Å². The minimum absolute atomic E-state index is 0.762. The predicted octanol–water partition coefficient (Wildman–Crippen LogP) is 5.50. The van der Waals surface area contributed by atoms with Gasteiger partial charge in [0.25, 0.3) is 0 Å². The van der Waals surface area contributed by atoms with Crippen molar-refractivity contribution in [3.63, 3.8) is 0 Å². The second kappa shape index (κ2) is 10.6. The van der Waals surface area contributed by atoms with Crippen LogP contribution in [0.3, 0.4) is 0 Å². The largest absolute Gasteiger partial charge is 0.306 e. The summed E-state index contributed by atoms with van der Waals surface area (Å²) >= 11 is 0. The molecule has 0 atom stereocenters. The van der Waals surface area contributed by atoms with Gasteiger partial charge in [-0.25, -0.2) is 0 Å². The lowest BCUT2D eigenvalue weighted by atomic mass is 10.1. The first-order chi connectivity index (χ1) is 11.8. The number of hydrazone groups is 1. The highest BCUT2D eigenvalue weighted by molar-refractivity contribution is 5.79. The van der Waals surface area contributed by atoms with Crippen molar-refractivity contribution in [1.29, 1.82) is 0 Å². The molecule has 0 aliphatic carbocycles. The summed E-state index contributed by atoms with van der Waals surface area (Å²) in [6.07, 6.45) is 9.28. The number of nitrogens with zero attached hydrogens (tertiary/aromatic N) is 1. The highest BCUT2D eigenvalue weighted by atomic mass is 15.3. The molecule has 0 saturated heterocycles. The van der Waals surface area contributed by atoms with Crippen molar-refractivity contribution in [3.8, 4) is 0 Å². The van der Waals surface area contributed by atoms with Gasteiger partial charge in [0.05, 0.1) is 12.8 Å². The van der Waals surface area contributed by atoms with Crippen molar-refractivity contribution in [3.05, 3.63) is 70.8 Å². The Labute approximate surface area is 147 Å². The van der Waals surface area contributed by atoms with Gasteiger partial charge in [0.2, 0.25) is 0 Å². The maximum absolute atomic E-state index is 4.33. The average molecular weight is 322 g/mol. The van der Waals surface area contributed by atoms with Crippen LogP contribution in [0, 0.1) is 0 Å². The fraction of sp³-hybridized carbons (Fsp3) is 0.409. The average Bonchev–Trinajstić information content (AvgIpc) is 2.62. The van der Waals surface area contributed by atoms with E-state index in [9.17, 15) is 0 Å². The molecule has 2 aromatic rings. The van der Waals surface area contributed by atoms with Crippen molar-refractivity contribution in [2.45, 2.75) is 58.9 Å². The maximum Gasteiger partial charge on any atom is 0.0580 e. The number of unbranched alkanes of at least 4 members (excludes halogenated alkanes) is 2. The van der Waals surface area contributed by atoms with E-state index in [1.54, 1.807) is 0 Å². The summed E-state index contributed by atoms with van der Waals surface area (Å²) in [6.45, 7) is 5.21. The summed E-state index contributed by atoms with van der Waals surface area (Å²) in [5.41, 5.74) is 8.35. The molecule has 0 aliphatic heterocycles. The molecule has 0 aromatic heterocycles. The van der Waals surface area contributed by atoms with Crippen molar-refractivity contribution in [2.75, 3.05) is 0 Å². The van der Waals surface area contributed by atoms with E-state index in [1.165, 1.54) is 48.8 Å². The second-order valence-electron chi connectivity index (χ2n) is 6.36. The van der Waals surface area contributed by atoms with Crippen molar-refractivity contribution >= 4 is 6.21 Å². The fourth-order valence-corrected chi connectivity index (χ4v) is 2.72. The smallest absolute Gasteiger partial charge is 0.0580 e. The zero-order valence-corrected chi connectivity index (χ0v) is 15.1. The summed E-state index contributed by atoms with van der Waals surface area (Å²) < 4.78 is 0. The summed E-state index contributed by atoms with van der Waals surface area (Å²) in [5.74, 6) is 0. The van der Waals surface area contributed by atoms with E-state index < -0.39 is 0 Å². The number of hydrogen-bond acceptors (Lipinski definition) is 2. The maximum atomic E-state index is 4.33. The van der Waals surface area contributed by atoms with Gasteiger partial charge in [-0.15, -0.1) is 0 Å². The molecule has 0 amide bonds. The minimum atomic E-state index is 0.762. The molecular formula is C22H30N2. The third kappa shape index (κ3) is 6.57. The Hall–Kier alpha value is -2.09. The molecule has 0 radical (unpaired) electrons. The minimum Gasteiger partial charge on any atom is -0.306 e. The highest BCUT2D eigenvalue weighted by Crippen LogP contribution is 2.08. The number of rotatable bonds is 10. The van der Waals surface area contributed by atoms with Crippen LogP contribution in [0.5, 0.6) is 0 Å². The third-order valence-electron chi connectivity index (χ3n) is 4.20. The Morgan fingerprint density at radius 2 is 1.38 bits per heavy atom. The Balaban J connectivity index is 1.75. The molecule has 0 fully saturated rings. The molecule has 1 N–H and O–H groups in total. The van der Waals surface area contributed by atoms with Crippen LogP contribution in [-0.2, 0) is 19.4 Å². The van der Waals surface area contributed by atoms with E-state index in [2.05, 4.69) is 72.9 Å². The lowest BCUT2D eigenvalue weighted by Gasteiger charge is -2.04. The molecule has 0 spiro atoms.